The summed E-state index contributed by atoms with van der Waals surface area (Å²) in [6, 6.07) is 11.8. The number of rotatable bonds is 4. The van der Waals surface area contributed by atoms with Crippen LogP contribution in [0.4, 0.5) is 11.4 Å². The van der Waals surface area contributed by atoms with Crippen molar-refractivity contribution in [2.75, 3.05) is 10.5 Å². The van der Waals surface area contributed by atoms with Gasteiger partial charge in [0.1, 0.15) is 5.75 Å². The molecule has 0 heterocycles. The molecule has 0 atom stereocenters. The van der Waals surface area contributed by atoms with Crippen LogP contribution in [0.2, 0.25) is 0 Å². The zero-order valence-electron chi connectivity index (χ0n) is 13.1. The number of nitrogens with one attached hydrogen (secondary N) is 1. The van der Waals surface area contributed by atoms with Gasteiger partial charge in [-0.1, -0.05) is 6.07 Å². The van der Waals surface area contributed by atoms with E-state index in [1.54, 1.807) is 12.1 Å². The van der Waals surface area contributed by atoms with Gasteiger partial charge >= 0.3 is 29.6 Å². The molecule has 11 heteroatoms. The molecule has 0 bridgehead atoms. The molecule has 0 radical (unpaired) electrons. The first-order valence-corrected chi connectivity index (χ1v) is 10.1. The minimum absolute atomic E-state index is 0. The Morgan fingerprint density at radius 3 is 2.26 bits per heavy atom. The van der Waals surface area contributed by atoms with Crippen molar-refractivity contribution in [3.8, 4) is 5.75 Å². The van der Waals surface area contributed by atoms with E-state index in [1.807, 2.05) is 0 Å². The Hall–Kier alpha value is -1.82. The third-order valence-corrected chi connectivity index (χ3v) is 5.83. The fourth-order valence-corrected chi connectivity index (χ4v) is 4.06. The summed E-state index contributed by atoms with van der Waals surface area (Å²) in [5, 5.41) is 10.9. The van der Waals surface area contributed by atoms with Crippen molar-refractivity contribution >= 4 is 71.8 Å². The molecule has 0 fully saturated rings. The van der Waals surface area contributed by atoms with Gasteiger partial charge in [0, 0.05) is 17.1 Å². The summed E-state index contributed by atoms with van der Waals surface area (Å²) in [6.07, 6.45) is 0. The number of benzene rings is 3. The van der Waals surface area contributed by atoms with Crippen LogP contribution in [0.1, 0.15) is 0 Å². The van der Waals surface area contributed by atoms with Crippen LogP contribution in [-0.4, -0.2) is 56.1 Å². The Kier molecular flexibility index (Phi) is 6.10. The number of anilines is 2. The summed E-state index contributed by atoms with van der Waals surface area (Å²) in [4.78, 5) is -0.683. The first kappa shape index (κ1) is 21.5. The van der Waals surface area contributed by atoms with Crippen molar-refractivity contribution in [1.82, 2.24) is 0 Å². The van der Waals surface area contributed by atoms with Gasteiger partial charge in [0.25, 0.3) is 20.1 Å². The average molecular weight is 418 g/mol. The van der Waals surface area contributed by atoms with E-state index >= 15 is 0 Å². The molecule has 138 valence electrons. The molecule has 3 rings (SSSR count). The van der Waals surface area contributed by atoms with Gasteiger partial charge in [0.2, 0.25) is 0 Å². The quantitative estimate of drug-likeness (QED) is 0.285. The van der Waals surface area contributed by atoms with Crippen LogP contribution in [0.5, 0.6) is 5.75 Å². The Labute approximate surface area is 178 Å². The second kappa shape index (κ2) is 7.66. The molecule has 27 heavy (non-hydrogen) atoms. The van der Waals surface area contributed by atoms with Crippen molar-refractivity contribution in [2.24, 2.45) is 0 Å². The monoisotopic (exact) mass is 418 g/mol. The fraction of sp³-hybridized carbons (Fsp3) is 0. The number of hydrogen-bond acceptors (Lipinski definition) is 6. The number of aromatic hydroxyl groups is 1. The molecule has 0 aromatic heterocycles. The van der Waals surface area contributed by atoms with Crippen LogP contribution in [0, 0.1) is 0 Å². The molecule has 0 unspecified atom stereocenters. The SMILES string of the molecule is Nc1ccc2c(O)cc(S(=O)(=O)Nc3cccc(S(=O)(=O)O)c3)cc2c1.[NaH]. The molecule has 0 spiro atoms. The maximum atomic E-state index is 12.6. The number of fused-ring (bicyclic) bond motifs is 1. The van der Waals surface area contributed by atoms with E-state index in [0.29, 0.717) is 16.5 Å². The number of hydrogen-bond donors (Lipinski definition) is 4. The Morgan fingerprint density at radius 2 is 1.59 bits per heavy atom. The fourth-order valence-electron chi connectivity index (χ4n) is 2.43. The molecule has 0 amide bonds. The first-order valence-electron chi connectivity index (χ1n) is 7.19. The number of phenolic OH excluding ortho intramolecular Hbond substituents is 1. The summed E-state index contributed by atoms with van der Waals surface area (Å²) in [6.45, 7) is 0. The van der Waals surface area contributed by atoms with Gasteiger partial charge in [-0.2, -0.15) is 8.42 Å². The zero-order valence-corrected chi connectivity index (χ0v) is 14.8. The van der Waals surface area contributed by atoms with Crippen molar-refractivity contribution in [2.45, 2.75) is 9.79 Å². The zero-order chi connectivity index (χ0) is 19.1. The molecule has 8 nitrogen and oxygen atoms in total. The van der Waals surface area contributed by atoms with Crippen LogP contribution < -0.4 is 10.5 Å². The second-order valence-corrected chi connectivity index (χ2v) is 8.64. The molecule has 0 saturated carbocycles. The maximum absolute atomic E-state index is 12.6. The average Bonchev–Trinajstić information content (AvgIpc) is 2.53. The molecule has 3 aromatic carbocycles. The molecule has 3 aromatic rings. The van der Waals surface area contributed by atoms with E-state index in [1.165, 1.54) is 24.3 Å². The van der Waals surface area contributed by atoms with Gasteiger partial charge in [-0.05, 0) is 47.9 Å². The molecule has 0 aliphatic carbocycles. The normalized spacial score (nSPS) is 11.7. The van der Waals surface area contributed by atoms with E-state index < -0.39 is 25.0 Å². The molecular weight excluding hydrogens is 403 g/mol. The summed E-state index contributed by atoms with van der Waals surface area (Å²) < 4.78 is 58.8. The van der Waals surface area contributed by atoms with E-state index in [-0.39, 0.29) is 45.9 Å². The molecule has 5 N–H and O–H groups in total. The van der Waals surface area contributed by atoms with Crippen LogP contribution in [0.15, 0.2) is 64.4 Å². The first-order chi connectivity index (χ1) is 12.1. The molecular formula is C16H15N2NaO6S2. The van der Waals surface area contributed by atoms with Crippen molar-refractivity contribution < 1.29 is 26.5 Å². The van der Waals surface area contributed by atoms with Crippen LogP contribution in [0.25, 0.3) is 10.8 Å². The Balaban J connectivity index is 0.00000261. The summed E-state index contributed by atoms with van der Waals surface area (Å²) >= 11 is 0. The van der Waals surface area contributed by atoms with Crippen molar-refractivity contribution in [1.29, 1.82) is 0 Å². The number of nitrogen functional groups attached to an aromatic ring is 1. The third kappa shape index (κ3) is 4.72. The van der Waals surface area contributed by atoms with Crippen molar-refractivity contribution in [3.63, 3.8) is 0 Å². The standard InChI is InChI=1S/C16H14N2O6S2.Na.H/c17-11-4-5-15-10(6-11)7-14(9-16(15)19)25(20,21)18-12-2-1-3-13(8-12)26(22,23)24;;/h1-9,18-19H,17H2,(H,22,23,24);;. The topological polar surface area (TPSA) is 147 Å². The van der Waals surface area contributed by atoms with E-state index in [9.17, 15) is 21.9 Å². The number of phenols is 1. The minimum atomic E-state index is -4.47. The van der Waals surface area contributed by atoms with E-state index in [2.05, 4.69) is 4.72 Å². The van der Waals surface area contributed by atoms with E-state index in [0.717, 1.165) is 18.2 Å². The molecule has 0 saturated heterocycles. The second-order valence-electron chi connectivity index (χ2n) is 5.53. The summed E-state index contributed by atoms with van der Waals surface area (Å²) in [5.41, 5.74) is 6.03. The van der Waals surface area contributed by atoms with Gasteiger partial charge < -0.3 is 10.8 Å². The Morgan fingerprint density at radius 1 is 0.889 bits per heavy atom. The van der Waals surface area contributed by atoms with E-state index in [4.69, 9.17) is 10.3 Å². The van der Waals surface area contributed by atoms with Crippen LogP contribution >= 0.6 is 0 Å². The summed E-state index contributed by atoms with van der Waals surface area (Å²) in [5.74, 6) is -0.241. The van der Waals surface area contributed by atoms with Gasteiger partial charge in [0.05, 0.1) is 15.5 Å². The van der Waals surface area contributed by atoms with Crippen LogP contribution in [0.3, 0.4) is 0 Å². The Bertz CT molecular complexity index is 1230. The van der Waals surface area contributed by atoms with Gasteiger partial charge in [-0.3, -0.25) is 9.27 Å². The predicted molar refractivity (Wildman–Crippen MR) is 104 cm³/mol. The van der Waals surface area contributed by atoms with Gasteiger partial charge in [-0.25, -0.2) is 8.42 Å². The van der Waals surface area contributed by atoms with Crippen molar-refractivity contribution in [3.05, 3.63) is 54.6 Å². The third-order valence-electron chi connectivity index (χ3n) is 3.62. The number of nitrogens with two attached hydrogens (primary N) is 1. The van der Waals surface area contributed by atoms with Gasteiger partial charge in [-0.15, -0.1) is 0 Å². The summed E-state index contributed by atoms with van der Waals surface area (Å²) in [7, 11) is -8.60. The number of sulfonamides is 1. The van der Waals surface area contributed by atoms with Crippen LogP contribution in [-0.2, 0) is 20.1 Å². The van der Waals surface area contributed by atoms with Gasteiger partial charge in [0.15, 0.2) is 0 Å². The molecule has 0 aliphatic rings. The predicted octanol–water partition coefficient (Wildman–Crippen LogP) is 1.53. The molecule has 0 aliphatic heterocycles.